The summed E-state index contributed by atoms with van der Waals surface area (Å²) < 4.78 is 5.61. The Morgan fingerprint density at radius 3 is 2.35 bits per heavy atom. The van der Waals surface area contributed by atoms with E-state index in [9.17, 15) is 4.79 Å². The molecule has 1 aromatic rings. The first-order valence-corrected chi connectivity index (χ1v) is 6.29. The third-order valence-corrected chi connectivity index (χ3v) is 2.86. The number of ether oxygens (including phenoxy) is 1. The summed E-state index contributed by atoms with van der Waals surface area (Å²) in [6.45, 7) is 7.31. The van der Waals surface area contributed by atoms with Crippen LogP contribution in [0.25, 0.3) is 0 Å². The number of carbonyl (C=O) groups excluding carboxylic acids is 1. The fraction of sp³-hybridized carbons (Fsp3) is 0.462. The molecule has 0 spiro atoms. The number of rotatable bonds is 4. The number of ketones is 1. The second-order valence-corrected chi connectivity index (χ2v) is 5.31. The van der Waals surface area contributed by atoms with Gasteiger partial charge < -0.3 is 4.74 Å². The van der Waals surface area contributed by atoms with Crippen LogP contribution in [-0.4, -0.2) is 17.3 Å². The van der Waals surface area contributed by atoms with Crippen LogP contribution in [0.15, 0.2) is 12.1 Å². The predicted octanol–water partition coefficient (Wildman–Crippen LogP) is 4.25. The van der Waals surface area contributed by atoms with Crippen LogP contribution in [0, 0.1) is 6.92 Å². The number of aryl methyl sites for hydroxylation is 1. The molecule has 0 aliphatic carbocycles. The van der Waals surface area contributed by atoms with Crippen molar-refractivity contribution in [1.82, 2.24) is 0 Å². The molecule has 1 atom stereocenters. The molecule has 0 N–H and O–H groups in total. The zero-order valence-electron chi connectivity index (χ0n) is 10.4. The quantitative estimate of drug-likeness (QED) is 0.606. The first-order valence-electron chi connectivity index (χ1n) is 5.48. The second kappa shape index (κ2) is 5.74. The Labute approximate surface area is 112 Å². The molecule has 0 aliphatic rings. The summed E-state index contributed by atoms with van der Waals surface area (Å²) in [6, 6.07) is 3.39. The topological polar surface area (TPSA) is 26.3 Å². The molecule has 0 radical (unpaired) electrons. The molecule has 0 bridgehead atoms. The summed E-state index contributed by atoms with van der Waals surface area (Å²) in [5.74, 6) is 0.364. The van der Waals surface area contributed by atoms with Gasteiger partial charge in [0.2, 0.25) is 0 Å². The van der Waals surface area contributed by atoms with E-state index in [1.165, 1.54) is 0 Å². The molecular weight excluding hydrogens is 259 g/mol. The number of benzene rings is 1. The molecule has 1 unspecified atom stereocenters. The maximum absolute atomic E-state index is 11.9. The highest BCUT2D eigenvalue weighted by molar-refractivity contribution is 6.35. The predicted molar refractivity (Wildman–Crippen MR) is 71.6 cm³/mol. The standard InChI is InChI=1S/C13H16Cl2O2/c1-7(2)17-12-5-8(3)11(15)6-10(12)13(16)9(4)14/h5-7,9H,1-4H3. The Kier molecular flexibility index (Phi) is 4.84. The fourth-order valence-corrected chi connectivity index (χ4v) is 1.69. The van der Waals surface area contributed by atoms with Gasteiger partial charge in [0.15, 0.2) is 5.78 Å². The van der Waals surface area contributed by atoms with Gasteiger partial charge in [-0.25, -0.2) is 0 Å². The zero-order chi connectivity index (χ0) is 13.2. The molecule has 0 aliphatic heterocycles. The first kappa shape index (κ1) is 14.3. The lowest BCUT2D eigenvalue weighted by atomic mass is 10.0. The van der Waals surface area contributed by atoms with Gasteiger partial charge in [0.25, 0.3) is 0 Å². The fourth-order valence-electron chi connectivity index (χ4n) is 1.41. The van der Waals surface area contributed by atoms with E-state index in [1.807, 2.05) is 20.8 Å². The smallest absolute Gasteiger partial charge is 0.184 e. The van der Waals surface area contributed by atoms with Crippen molar-refractivity contribution in [3.63, 3.8) is 0 Å². The van der Waals surface area contributed by atoms with Gasteiger partial charge in [-0.3, -0.25) is 4.79 Å². The zero-order valence-corrected chi connectivity index (χ0v) is 11.9. The number of Topliss-reactive ketones (excluding diaryl/α,β-unsaturated/α-hetero) is 1. The summed E-state index contributed by atoms with van der Waals surface area (Å²) in [6.07, 6.45) is -0.00671. The Morgan fingerprint density at radius 1 is 1.29 bits per heavy atom. The Balaban J connectivity index is 3.25. The van der Waals surface area contributed by atoms with Crippen molar-refractivity contribution in [1.29, 1.82) is 0 Å². The molecular formula is C13H16Cl2O2. The van der Waals surface area contributed by atoms with Crippen molar-refractivity contribution in [2.24, 2.45) is 0 Å². The van der Waals surface area contributed by atoms with Crippen LogP contribution in [0.3, 0.4) is 0 Å². The second-order valence-electron chi connectivity index (χ2n) is 4.24. The summed E-state index contributed by atoms with van der Waals surface area (Å²) in [5.41, 5.74) is 1.32. The van der Waals surface area contributed by atoms with Crippen molar-refractivity contribution in [3.05, 3.63) is 28.3 Å². The van der Waals surface area contributed by atoms with Gasteiger partial charge in [-0.2, -0.15) is 0 Å². The van der Waals surface area contributed by atoms with Crippen molar-refractivity contribution in [2.45, 2.75) is 39.2 Å². The van der Waals surface area contributed by atoms with Crippen molar-refractivity contribution in [3.8, 4) is 5.75 Å². The monoisotopic (exact) mass is 274 g/mol. The molecule has 2 nitrogen and oxygen atoms in total. The minimum atomic E-state index is -0.594. The summed E-state index contributed by atoms with van der Waals surface area (Å²) in [4.78, 5) is 11.9. The Morgan fingerprint density at radius 2 is 1.88 bits per heavy atom. The van der Waals surface area contributed by atoms with Crippen molar-refractivity contribution >= 4 is 29.0 Å². The molecule has 0 amide bonds. The Hall–Kier alpha value is -0.730. The van der Waals surface area contributed by atoms with Gasteiger partial charge in [-0.1, -0.05) is 11.6 Å². The van der Waals surface area contributed by atoms with Crippen LogP contribution in [0.5, 0.6) is 5.75 Å². The summed E-state index contributed by atoms with van der Waals surface area (Å²) in [5, 5.41) is -0.0509. The SMILES string of the molecule is Cc1cc(OC(C)C)c(C(=O)C(C)Cl)cc1Cl. The van der Waals surface area contributed by atoms with Gasteiger partial charge in [-0.15, -0.1) is 11.6 Å². The highest BCUT2D eigenvalue weighted by Gasteiger charge is 2.19. The van der Waals surface area contributed by atoms with Crippen LogP contribution >= 0.6 is 23.2 Å². The normalized spacial score (nSPS) is 12.6. The van der Waals surface area contributed by atoms with E-state index in [4.69, 9.17) is 27.9 Å². The number of halogens is 2. The molecule has 17 heavy (non-hydrogen) atoms. The van der Waals surface area contributed by atoms with E-state index < -0.39 is 5.38 Å². The number of hydrogen-bond donors (Lipinski definition) is 0. The molecule has 0 saturated heterocycles. The number of alkyl halides is 1. The summed E-state index contributed by atoms with van der Waals surface area (Å²) in [7, 11) is 0. The molecule has 0 aromatic heterocycles. The number of hydrogen-bond acceptors (Lipinski definition) is 2. The van der Waals surface area contributed by atoms with Gasteiger partial charge in [0, 0.05) is 5.02 Å². The van der Waals surface area contributed by atoms with Crippen molar-refractivity contribution in [2.75, 3.05) is 0 Å². The molecule has 4 heteroatoms. The molecule has 0 heterocycles. The molecule has 1 aromatic carbocycles. The molecule has 94 valence electrons. The lowest BCUT2D eigenvalue weighted by Gasteiger charge is -2.16. The lowest BCUT2D eigenvalue weighted by Crippen LogP contribution is -2.15. The average molecular weight is 275 g/mol. The lowest BCUT2D eigenvalue weighted by molar-refractivity contribution is 0.0986. The van der Waals surface area contributed by atoms with Crippen LogP contribution in [0.4, 0.5) is 0 Å². The third kappa shape index (κ3) is 3.62. The van der Waals surface area contributed by atoms with E-state index in [2.05, 4.69) is 0 Å². The maximum Gasteiger partial charge on any atom is 0.184 e. The maximum atomic E-state index is 11.9. The van der Waals surface area contributed by atoms with E-state index in [-0.39, 0.29) is 11.9 Å². The van der Waals surface area contributed by atoms with Crippen molar-refractivity contribution < 1.29 is 9.53 Å². The molecule has 1 rings (SSSR count). The van der Waals surface area contributed by atoms with E-state index in [1.54, 1.807) is 19.1 Å². The largest absolute Gasteiger partial charge is 0.490 e. The number of carbonyl (C=O) groups is 1. The van der Waals surface area contributed by atoms with Gasteiger partial charge in [0.05, 0.1) is 17.0 Å². The minimum Gasteiger partial charge on any atom is -0.490 e. The Bertz CT molecular complexity index is 426. The van der Waals surface area contributed by atoms with E-state index >= 15 is 0 Å². The van der Waals surface area contributed by atoms with Crippen LogP contribution in [0.1, 0.15) is 36.7 Å². The highest BCUT2D eigenvalue weighted by Crippen LogP contribution is 2.29. The van der Waals surface area contributed by atoms with Crippen LogP contribution < -0.4 is 4.74 Å². The minimum absolute atomic E-state index is 0.00671. The van der Waals surface area contributed by atoms with Crippen LogP contribution in [-0.2, 0) is 0 Å². The van der Waals surface area contributed by atoms with Crippen LogP contribution in [0.2, 0.25) is 5.02 Å². The average Bonchev–Trinajstić information content (AvgIpc) is 2.21. The van der Waals surface area contributed by atoms with Gasteiger partial charge in [-0.05, 0) is 45.4 Å². The van der Waals surface area contributed by atoms with E-state index in [0.29, 0.717) is 16.3 Å². The molecule has 0 saturated carbocycles. The van der Waals surface area contributed by atoms with Gasteiger partial charge >= 0.3 is 0 Å². The summed E-state index contributed by atoms with van der Waals surface area (Å²) >= 11 is 11.8. The third-order valence-electron chi connectivity index (χ3n) is 2.25. The van der Waals surface area contributed by atoms with E-state index in [0.717, 1.165) is 5.56 Å². The highest BCUT2D eigenvalue weighted by atomic mass is 35.5. The first-order chi connectivity index (χ1) is 7.82. The van der Waals surface area contributed by atoms with Gasteiger partial charge in [0.1, 0.15) is 5.75 Å². The molecule has 0 fully saturated rings.